The summed E-state index contributed by atoms with van der Waals surface area (Å²) in [6.45, 7) is 9.38. The number of β-amino-alcohol motifs (C(OH)–C–C–N with tert-alkyl or cyclic N) is 1. The average Bonchev–Trinajstić information content (AvgIpc) is 3.55. The Bertz CT molecular complexity index is 1230. The van der Waals surface area contributed by atoms with E-state index >= 15 is 4.39 Å². The number of hydrogen-bond donors (Lipinski definition) is 2. The van der Waals surface area contributed by atoms with E-state index in [9.17, 15) is 14.7 Å². The molecule has 2 amide bonds. The molecule has 1 aromatic carbocycles. The van der Waals surface area contributed by atoms with Crippen molar-refractivity contribution in [2.45, 2.75) is 65.0 Å². The maximum atomic E-state index is 15.1. The monoisotopic (exact) mass is 512 g/mol. The molecule has 1 aliphatic rings. The molecular formula is C27H33FN4O3S. The van der Waals surface area contributed by atoms with Crippen LogP contribution in [0.4, 0.5) is 4.39 Å². The Morgan fingerprint density at radius 3 is 2.53 bits per heavy atom. The Labute approximate surface area is 214 Å². The van der Waals surface area contributed by atoms with Crippen LogP contribution >= 0.6 is 11.3 Å². The molecule has 0 saturated carbocycles. The number of aliphatic hydroxyl groups excluding tert-OH is 1. The average molecular weight is 513 g/mol. The highest BCUT2D eigenvalue weighted by Crippen LogP contribution is 2.32. The molecule has 0 spiro atoms. The molecule has 36 heavy (non-hydrogen) atoms. The maximum absolute atomic E-state index is 15.1. The summed E-state index contributed by atoms with van der Waals surface area (Å²) in [6, 6.07) is 7.33. The van der Waals surface area contributed by atoms with Crippen LogP contribution in [0.15, 0.2) is 48.1 Å². The summed E-state index contributed by atoms with van der Waals surface area (Å²) >= 11 is 1.68. The highest BCUT2D eigenvalue weighted by atomic mass is 32.1. The first kappa shape index (κ1) is 26.0. The Morgan fingerprint density at radius 1 is 1.19 bits per heavy atom. The molecule has 192 valence electrons. The number of carbonyl (C=O) groups excluding carboxylic acids is 2. The van der Waals surface area contributed by atoms with Crippen LogP contribution in [0.3, 0.4) is 0 Å². The van der Waals surface area contributed by atoms with E-state index in [0.29, 0.717) is 0 Å². The number of hydrogen-bond acceptors (Lipinski definition) is 5. The van der Waals surface area contributed by atoms with Gasteiger partial charge in [-0.1, -0.05) is 32.0 Å². The van der Waals surface area contributed by atoms with Crippen LogP contribution in [0.25, 0.3) is 10.4 Å². The van der Waals surface area contributed by atoms with E-state index in [1.165, 1.54) is 20.0 Å². The van der Waals surface area contributed by atoms with Crippen LogP contribution in [-0.4, -0.2) is 56.5 Å². The van der Waals surface area contributed by atoms with Crippen LogP contribution < -0.4 is 5.32 Å². The molecule has 1 fully saturated rings. The van der Waals surface area contributed by atoms with Crippen LogP contribution in [0.1, 0.15) is 49.5 Å². The number of nitrogens with one attached hydrogen (secondary N) is 1. The molecule has 0 aliphatic carbocycles. The molecule has 0 radical (unpaired) electrons. The van der Waals surface area contributed by atoms with Crippen molar-refractivity contribution in [2.24, 2.45) is 5.92 Å². The Balaban J connectivity index is 1.54. The van der Waals surface area contributed by atoms with Gasteiger partial charge in [-0.2, -0.15) is 5.10 Å². The van der Waals surface area contributed by atoms with E-state index in [0.717, 1.165) is 16.7 Å². The first-order valence-corrected chi connectivity index (χ1v) is 13.0. The van der Waals surface area contributed by atoms with Gasteiger partial charge in [-0.3, -0.25) is 14.3 Å². The van der Waals surface area contributed by atoms with Crippen LogP contribution in [0.5, 0.6) is 0 Å². The molecule has 9 heteroatoms. The zero-order chi connectivity index (χ0) is 26.1. The van der Waals surface area contributed by atoms with Gasteiger partial charge in [0.15, 0.2) is 6.17 Å². The first-order chi connectivity index (χ1) is 17.1. The van der Waals surface area contributed by atoms with Gasteiger partial charge in [-0.05, 0) is 66.5 Å². The highest BCUT2D eigenvalue weighted by Gasteiger charge is 2.50. The van der Waals surface area contributed by atoms with Crippen LogP contribution in [-0.2, 0) is 9.59 Å². The minimum Gasteiger partial charge on any atom is -0.388 e. The SMILES string of the molecule is Cc1cc(-c2sccc2C)ccc1[C@H](C)NC(=O)[C@@H]1[C@@H](F)[C@@H](O)CN1C(=O)[C@H](C(C)C)n1cccn1. The van der Waals surface area contributed by atoms with Crippen molar-refractivity contribution >= 4 is 23.2 Å². The van der Waals surface area contributed by atoms with Crippen molar-refractivity contribution in [1.82, 2.24) is 20.0 Å². The highest BCUT2D eigenvalue weighted by molar-refractivity contribution is 7.13. The van der Waals surface area contributed by atoms with Crippen molar-refractivity contribution in [3.63, 3.8) is 0 Å². The van der Waals surface area contributed by atoms with Gasteiger partial charge in [0.1, 0.15) is 18.2 Å². The fourth-order valence-corrected chi connectivity index (χ4v) is 5.90. The van der Waals surface area contributed by atoms with E-state index in [1.54, 1.807) is 29.8 Å². The number of thiophene rings is 1. The number of benzene rings is 1. The lowest BCUT2D eigenvalue weighted by Gasteiger charge is -2.31. The Hall–Kier alpha value is -3.04. The number of halogens is 1. The molecular weight excluding hydrogens is 479 g/mol. The predicted octanol–water partition coefficient (Wildman–Crippen LogP) is 4.21. The lowest BCUT2D eigenvalue weighted by atomic mass is 9.98. The standard InChI is InChI=1S/C27H33FN4O3S/c1-15(2)23(32-11-6-10-29-32)27(35)31-14-21(33)22(28)24(31)26(34)30-18(5)20-8-7-19(13-17(20)4)25-16(3)9-12-36-25/h6-13,15,18,21-24,33H,14H2,1-5H3,(H,30,34)/t18-,21-,22-,23-,24-/m0/s1. The zero-order valence-corrected chi connectivity index (χ0v) is 22.0. The lowest BCUT2D eigenvalue weighted by Crippen LogP contribution is -2.52. The smallest absolute Gasteiger partial charge is 0.248 e. The molecule has 3 heterocycles. The normalized spacial score (nSPS) is 21.6. The fraction of sp³-hybridized carbons (Fsp3) is 0.444. The number of alkyl halides is 1. The van der Waals surface area contributed by atoms with Crippen LogP contribution in [0.2, 0.25) is 0 Å². The van der Waals surface area contributed by atoms with Crippen molar-refractivity contribution in [3.8, 4) is 10.4 Å². The summed E-state index contributed by atoms with van der Waals surface area (Å²) in [6.07, 6.45) is -0.0700. The van der Waals surface area contributed by atoms with E-state index in [-0.39, 0.29) is 12.5 Å². The molecule has 1 saturated heterocycles. The predicted molar refractivity (Wildman–Crippen MR) is 138 cm³/mol. The summed E-state index contributed by atoms with van der Waals surface area (Å²) in [4.78, 5) is 29.2. The number of aromatic nitrogens is 2. The molecule has 5 atom stereocenters. The van der Waals surface area contributed by atoms with Gasteiger partial charge >= 0.3 is 0 Å². The second kappa shape index (κ2) is 10.5. The fourth-order valence-electron chi connectivity index (χ4n) is 4.98. The second-order valence-electron chi connectivity index (χ2n) is 9.86. The van der Waals surface area contributed by atoms with E-state index in [2.05, 4.69) is 34.9 Å². The van der Waals surface area contributed by atoms with Crippen molar-refractivity contribution in [2.75, 3.05) is 6.54 Å². The van der Waals surface area contributed by atoms with Gasteiger partial charge in [-0.15, -0.1) is 11.3 Å². The van der Waals surface area contributed by atoms with Gasteiger partial charge in [0.2, 0.25) is 11.8 Å². The number of likely N-dealkylation sites (tertiary alicyclic amines) is 1. The van der Waals surface area contributed by atoms with E-state index < -0.39 is 42.2 Å². The van der Waals surface area contributed by atoms with E-state index in [4.69, 9.17) is 0 Å². The molecule has 2 aromatic heterocycles. The Kier molecular flexibility index (Phi) is 7.61. The van der Waals surface area contributed by atoms with Gasteiger partial charge < -0.3 is 15.3 Å². The Morgan fingerprint density at radius 2 is 1.94 bits per heavy atom. The number of aryl methyl sites for hydroxylation is 2. The van der Waals surface area contributed by atoms with Crippen LogP contribution in [0, 0.1) is 19.8 Å². The van der Waals surface area contributed by atoms with Gasteiger partial charge in [0, 0.05) is 17.3 Å². The molecule has 2 N–H and O–H groups in total. The minimum atomic E-state index is -1.88. The number of aliphatic hydroxyl groups is 1. The second-order valence-corrected chi connectivity index (χ2v) is 10.8. The lowest BCUT2D eigenvalue weighted by molar-refractivity contribution is -0.143. The molecule has 0 bridgehead atoms. The summed E-state index contributed by atoms with van der Waals surface area (Å²) in [5, 5.41) is 19.4. The van der Waals surface area contributed by atoms with Crippen molar-refractivity contribution < 1.29 is 19.1 Å². The first-order valence-electron chi connectivity index (χ1n) is 12.2. The quantitative estimate of drug-likeness (QED) is 0.497. The van der Waals surface area contributed by atoms with Gasteiger partial charge in [-0.25, -0.2) is 4.39 Å². The number of carbonyl (C=O) groups is 2. The summed E-state index contributed by atoms with van der Waals surface area (Å²) in [5.74, 6) is -1.21. The van der Waals surface area contributed by atoms with E-state index in [1.807, 2.05) is 39.8 Å². The van der Waals surface area contributed by atoms with Crippen molar-refractivity contribution in [3.05, 3.63) is 64.8 Å². The van der Waals surface area contributed by atoms with Gasteiger partial charge in [0.25, 0.3) is 0 Å². The summed E-state index contributed by atoms with van der Waals surface area (Å²) in [7, 11) is 0. The summed E-state index contributed by atoms with van der Waals surface area (Å²) in [5.41, 5.74) is 4.23. The molecule has 7 nitrogen and oxygen atoms in total. The molecule has 3 aromatic rings. The largest absolute Gasteiger partial charge is 0.388 e. The number of rotatable bonds is 7. The zero-order valence-electron chi connectivity index (χ0n) is 21.2. The minimum absolute atomic E-state index is 0.149. The molecule has 4 rings (SSSR count). The van der Waals surface area contributed by atoms with Gasteiger partial charge in [0.05, 0.1) is 12.6 Å². The number of amides is 2. The number of nitrogens with zero attached hydrogens (tertiary/aromatic N) is 3. The topological polar surface area (TPSA) is 87.5 Å². The maximum Gasteiger partial charge on any atom is 0.248 e. The molecule has 0 unspecified atom stereocenters. The third kappa shape index (κ3) is 4.95. The summed E-state index contributed by atoms with van der Waals surface area (Å²) < 4.78 is 16.6. The third-order valence-electron chi connectivity index (χ3n) is 6.85. The van der Waals surface area contributed by atoms with Crippen molar-refractivity contribution in [1.29, 1.82) is 0 Å². The third-order valence-corrected chi connectivity index (χ3v) is 7.92. The molecule has 1 aliphatic heterocycles.